The van der Waals surface area contributed by atoms with Crippen LogP contribution in [0.15, 0.2) is 66.0 Å². The van der Waals surface area contributed by atoms with Crippen LogP contribution in [0.2, 0.25) is 0 Å². The van der Waals surface area contributed by atoms with E-state index in [1.54, 1.807) is 42.3 Å². The number of carbonyl (C=O) groups excluding carboxylic acids is 1. The van der Waals surface area contributed by atoms with Gasteiger partial charge in [-0.25, -0.2) is 24.1 Å². The summed E-state index contributed by atoms with van der Waals surface area (Å²) in [6.07, 6.45) is 7.00. The van der Waals surface area contributed by atoms with Crippen molar-refractivity contribution in [3.63, 3.8) is 0 Å². The van der Waals surface area contributed by atoms with Gasteiger partial charge in [-0.05, 0) is 49.7 Å². The first-order chi connectivity index (χ1) is 19.8. The molecule has 4 aromatic heterocycles. The minimum Gasteiger partial charge on any atom is -0.357 e. The molecule has 0 aliphatic rings. The van der Waals surface area contributed by atoms with Crippen LogP contribution in [-0.4, -0.2) is 42.6 Å². The Labute approximate surface area is 235 Å². The van der Waals surface area contributed by atoms with Gasteiger partial charge in [0.15, 0.2) is 0 Å². The molecular weight excluding hydrogens is 525 g/mol. The maximum Gasteiger partial charge on any atom is 0.323 e. The number of urea groups is 1. The Morgan fingerprint density at radius 2 is 1.80 bits per heavy atom. The van der Waals surface area contributed by atoms with E-state index in [1.165, 1.54) is 24.4 Å². The lowest BCUT2D eigenvalue weighted by Gasteiger charge is -2.16. The van der Waals surface area contributed by atoms with E-state index in [2.05, 4.69) is 40.9 Å². The van der Waals surface area contributed by atoms with Crippen molar-refractivity contribution in [2.45, 2.75) is 33.2 Å². The summed E-state index contributed by atoms with van der Waals surface area (Å²) in [7, 11) is 1.70. The van der Waals surface area contributed by atoms with Crippen molar-refractivity contribution < 1.29 is 9.18 Å². The fourth-order valence-corrected chi connectivity index (χ4v) is 4.39. The first kappa shape index (κ1) is 27.3. The van der Waals surface area contributed by atoms with Gasteiger partial charge in [0.05, 0.1) is 23.3 Å². The Kier molecular flexibility index (Phi) is 7.64. The third-order valence-corrected chi connectivity index (χ3v) is 6.38. The van der Waals surface area contributed by atoms with Crippen LogP contribution in [0.1, 0.15) is 32.6 Å². The van der Waals surface area contributed by atoms with E-state index < -0.39 is 11.8 Å². The molecule has 0 fully saturated rings. The number of halogens is 1. The van der Waals surface area contributed by atoms with E-state index in [0.29, 0.717) is 57.3 Å². The summed E-state index contributed by atoms with van der Waals surface area (Å²) in [4.78, 5) is 48.3. The van der Waals surface area contributed by atoms with Crippen molar-refractivity contribution in [2.24, 2.45) is 0 Å². The summed E-state index contributed by atoms with van der Waals surface area (Å²) < 4.78 is 16.5. The minimum atomic E-state index is -0.704. The maximum atomic E-state index is 14.9. The largest absolute Gasteiger partial charge is 0.357 e. The van der Waals surface area contributed by atoms with Crippen LogP contribution >= 0.6 is 0 Å². The van der Waals surface area contributed by atoms with Crippen LogP contribution in [0.5, 0.6) is 0 Å². The summed E-state index contributed by atoms with van der Waals surface area (Å²) in [6.45, 7) is 5.69. The molecule has 0 radical (unpaired) electrons. The Morgan fingerprint density at radius 3 is 2.51 bits per heavy atom. The summed E-state index contributed by atoms with van der Waals surface area (Å²) in [6, 6.07) is 8.46. The molecule has 11 nitrogen and oxygen atoms in total. The lowest BCUT2D eigenvalue weighted by atomic mass is 10.0. The second-order valence-corrected chi connectivity index (χ2v) is 9.47. The Morgan fingerprint density at radius 1 is 1.00 bits per heavy atom. The molecule has 12 heteroatoms. The van der Waals surface area contributed by atoms with Gasteiger partial charge in [-0.15, -0.1) is 0 Å². The number of nitrogens with zero attached hydrogens (tertiary/aromatic N) is 6. The molecular formula is C29H28FN9O2. The molecule has 41 heavy (non-hydrogen) atoms. The highest BCUT2D eigenvalue weighted by atomic mass is 19.1. The van der Waals surface area contributed by atoms with Gasteiger partial charge < -0.3 is 16.0 Å². The van der Waals surface area contributed by atoms with Gasteiger partial charge in [-0.2, -0.15) is 4.98 Å². The highest BCUT2D eigenvalue weighted by molar-refractivity contribution is 6.02. The van der Waals surface area contributed by atoms with Gasteiger partial charge in [0.2, 0.25) is 5.95 Å². The molecule has 0 aliphatic carbocycles. The molecule has 0 saturated heterocycles. The molecule has 5 aromatic rings. The zero-order valence-electron chi connectivity index (χ0n) is 22.9. The molecule has 3 N–H and O–H groups in total. The third kappa shape index (κ3) is 5.57. The molecule has 2 amide bonds. The normalized spacial score (nSPS) is 11.1. The third-order valence-electron chi connectivity index (χ3n) is 6.38. The zero-order chi connectivity index (χ0) is 29.1. The van der Waals surface area contributed by atoms with E-state index in [1.807, 2.05) is 26.8 Å². The highest BCUT2D eigenvalue weighted by Gasteiger charge is 2.18. The Hall–Kier alpha value is -5.26. The maximum absolute atomic E-state index is 14.9. The summed E-state index contributed by atoms with van der Waals surface area (Å²) >= 11 is 0. The Bertz CT molecular complexity index is 1810. The molecule has 5 rings (SSSR count). The molecule has 0 atom stereocenters. The van der Waals surface area contributed by atoms with Crippen molar-refractivity contribution in [1.29, 1.82) is 0 Å². The lowest BCUT2D eigenvalue weighted by Crippen LogP contribution is -2.25. The van der Waals surface area contributed by atoms with E-state index >= 15 is 0 Å². The molecule has 1 aromatic carbocycles. The standard InChI is InChI=1S/C29H28FN9O2/c1-5-24-33-15-23(25(37-24)18-7-6-10-32-13-18)36-29(41)35-22-12-17(8-9-21(22)30)20-11-19-14-34-28(31-4)38-26(19)39(16(2)3)27(20)40/h6-16H,5H2,1-4H3,(H,31,34,38)(H2,35,36,41). The molecule has 0 aliphatic heterocycles. The number of aryl methyl sites for hydroxylation is 1. The number of carbonyl (C=O) groups is 1. The SMILES string of the molecule is CCc1ncc(NC(=O)Nc2cc(-c3cc4cnc(NC)nc4n(C(C)C)c3=O)ccc2F)c(-c2cccnc2)n1. The van der Waals surface area contributed by atoms with Crippen molar-refractivity contribution in [2.75, 3.05) is 23.0 Å². The molecule has 0 spiro atoms. The van der Waals surface area contributed by atoms with Gasteiger partial charge in [-0.1, -0.05) is 13.0 Å². The number of hydrogen-bond acceptors (Lipinski definition) is 8. The monoisotopic (exact) mass is 553 g/mol. The summed E-state index contributed by atoms with van der Waals surface area (Å²) in [5, 5.41) is 8.78. The van der Waals surface area contributed by atoms with E-state index in [-0.39, 0.29) is 17.3 Å². The first-order valence-electron chi connectivity index (χ1n) is 13.0. The average Bonchev–Trinajstić information content (AvgIpc) is 2.98. The number of hydrogen-bond donors (Lipinski definition) is 3. The van der Waals surface area contributed by atoms with Crippen LogP contribution in [0.3, 0.4) is 0 Å². The number of rotatable bonds is 7. The van der Waals surface area contributed by atoms with Crippen LogP contribution in [0.4, 0.5) is 26.5 Å². The first-order valence-corrected chi connectivity index (χ1v) is 13.0. The number of aromatic nitrogens is 6. The number of benzene rings is 1. The number of fused-ring (bicyclic) bond motifs is 1. The fraction of sp³-hybridized carbons (Fsp3) is 0.207. The summed E-state index contributed by atoms with van der Waals surface area (Å²) in [5.74, 6) is 0.323. The quantitative estimate of drug-likeness (QED) is 0.247. The second kappa shape index (κ2) is 11.5. The molecule has 208 valence electrons. The number of amides is 2. The number of pyridine rings is 2. The van der Waals surface area contributed by atoms with Crippen LogP contribution < -0.4 is 21.5 Å². The number of nitrogens with one attached hydrogen (secondary N) is 3. The predicted octanol–water partition coefficient (Wildman–Crippen LogP) is 5.28. The second-order valence-electron chi connectivity index (χ2n) is 9.47. The molecule has 0 unspecified atom stereocenters. The van der Waals surface area contributed by atoms with Crippen molar-refractivity contribution >= 4 is 34.4 Å². The van der Waals surface area contributed by atoms with Gasteiger partial charge in [-0.3, -0.25) is 14.3 Å². The van der Waals surface area contributed by atoms with Crippen molar-refractivity contribution in [3.8, 4) is 22.4 Å². The van der Waals surface area contributed by atoms with Crippen molar-refractivity contribution in [3.05, 3.63) is 83.2 Å². The lowest BCUT2D eigenvalue weighted by molar-refractivity contribution is 0.262. The van der Waals surface area contributed by atoms with E-state index in [0.717, 1.165) is 0 Å². The Balaban J connectivity index is 1.49. The van der Waals surface area contributed by atoms with Gasteiger partial charge in [0, 0.05) is 54.6 Å². The van der Waals surface area contributed by atoms with Gasteiger partial charge >= 0.3 is 6.03 Å². The predicted molar refractivity (Wildman–Crippen MR) is 156 cm³/mol. The van der Waals surface area contributed by atoms with Gasteiger partial charge in [0.25, 0.3) is 5.56 Å². The minimum absolute atomic E-state index is 0.105. The topological polar surface area (TPSA) is 140 Å². The fourth-order valence-electron chi connectivity index (χ4n) is 4.39. The number of anilines is 3. The average molecular weight is 554 g/mol. The smallest absolute Gasteiger partial charge is 0.323 e. The van der Waals surface area contributed by atoms with E-state index in [9.17, 15) is 14.0 Å². The van der Waals surface area contributed by atoms with Gasteiger partial charge in [0.1, 0.15) is 17.3 Å². The van der Waals surface area contributed by atoms with Crippen LogP contribution in [0.25, 0.3) is 33.4 Å². The summed E-state index contributed by atoms with van der Waals surface area (Å²) in [5.41, 5.74) is 2.33. The molecule has 4 heterocycles. The molecule has 0 bridgehead atoms. The highest BCUT2D eigenvalue weighted by Crippen LogP contribution is 2.28. The van der Waals surface area contributed by atoms with Crippen molar-refractivity contribution in [1.82, 2.24) is 29.5 Å². The van der Waals surface area contributed by atoms with Crippen LogP contribution in [0, 0.1) is 5.82 Å². The van der Waals surface area contributed by atoms with Crippen LogP contribution in [-0.2, 0) is 6.42 Å². The molecule has 0 saturated carbocycles. The van der Waals surface area contributed by atoms with E-state index in [4.69, 9.17) is 0 Å². The zero-order valence-corrected chi connectivity index (χ0v) is 22.9.